The average molecular weight is 197 g/mol. The number of furan rings is 1. The number of hydrogen-bond donors (Lipinski definition) is 2. The summed E-state index contributed by atoms with van der Waals surface area (Å²) in [5.41, 5.74) is 0. The minimum atomic E-state index is 0.189. The van der Waals surface area contributed by atoms with E-state index in [9.17, 15) is 0 Å². The van der Waals surface area contributed by atoms with Gasteiger partial charge in [0.1, 0.15) is 5.76 Å². The third kappa shape index (κ3) is 2.86. The van der Waals surface area contributed by atoms with Crippen molar-refractivity contribution < 1.29 is 9.52 Å². The summed E-state index contributed by atoms with van der Waals surface area (Å²) >= 11 is 0. The van der Waals surface area contributed by atoms with Crippen LogP contribution >= 0.6 is 0 Å². The minimum absolute atomic E-state index is 0.189. The van der Waals surface area contributed by atoms with Gasteiger partial charge in [-0.05, 0) is 31.9 Å². The predicted octanol–water partition coefficient (Wildman–Crippen LogP) is 1.95. The van der Waals surface area contributed by atoms with Crippen LogP contribution in [0.3, 0.4) is 0 Å². The number of nitrogens with one attached hydrogen (secondary N) is 1. The third-order valence-corrected chi connectivity index (χ3v) is 2.62. The molecule has 1 aromatic rings. The Morgan fingerprint density at radius 1 is 1.43 bits per heavy atom. The largest absolute Gasteiger partial charge is 0.468 e. The molecule has 3 unspecified atom stereocenters. The molecule has 3 nitrogen and oxygen atoms in total. The van der Waals surface area contributed by atoms with E-state index in [0.29, 0.717) is 0 Å². The van der Waals surface area contributed by atoms with E-state index < -0.39 is 0 Å². The van der Waals surface area contributed by atoms with Crippen LogP contribution < -0.4 is 5.32 Å². The average Bonchev–Trinajstić information content (AvgIpc) is 2.69. The molecule has 0 saturated carbocycles. The van der Waals surface area contributed by atoms with Crippen molar-refractivity contribution in [1.82, 2.24) is 5.32 Å². The highest BCUT2D eigenvalue weighted by molar-refractivity contribution is 5.03. The van der Waals surface area contributed by atoms with E-state index in [1.54, 1.807) is 6.26 Å². The third-order valence-electron chi connectivity index (χ3n) is 2.62. The fourth-order valence-corrected chi connectivity index (χ4v) is 1.34. The summed E-state index contributed by atoms with van der Waals surface area (Å²) in [6.45, 7) is 6.35. The Hall–Kier alpha value is -0.800. The Bertz CT molecular complexity index is 246. The zero-order chi connectivity index (χ0) is 10.6. The molecule has 0 saturated heterocycles. The first-order chi connectivity index (χ1) is 6.65. The highest BCUT2D eigenvalue weighted by atomic mass is 16.3. The van der Waals surface area contributed by atoms with Gasteiger partial charge < -0.3 is 14.8 Å². The molecule has 0 spiro atoms. The molecular formula is C11H19NO2. The molecule has 0 aromatic carbocycles. The lowest BCUT2D eigenvalue weighted by Gasteiger charge is -2.22. The van der Waals surface area contributed by atoms with Gasteiger partial charge in [0.2, 0.25) is 0 Å². The van der Waals surface area contributed by atoms with Gasteiger partial charge in [-0.1, -0.05) is 6.92 Å². The van der Waals surface area contributed by atoms with E-state index in [0.717, 1.165) is 5.76 Å². The van der Waals surface area contributed by atoms with Crippen LogP contribution in [0.2, 0.25) is 0 Å². The maximum Gasteiger partial charge on any atom is 0.120 e. The van der Waals surface area contributed by atoms with Gasteiger partial charge in [-0.25, -0.2) is 0 Å². The summed E-state index contributed by atoms with van der Waals surface area (Å²) in [6.07, 6.45) is 1.67. The summed E-state index contributed by atoms with van der Waals surface area (Å²) in [6, 6.07) is 4.30. The summed E-state index contributed by atoms with van der Waals surface area (Å²) < 4.78 is 5.28. The van der Waals surface area contributed by atoms with E-state index in [4.69, 9.17) is 9.52 Å². The molecular weight excluding hydrogens is 178 g/mol. The van der Waals surface area contributed by atoms with Gasteiger partial charge >= 0.3 is 0 Å². The second kappa shape index (κ2) is 5.17. The summed E-state index contributed by atoms with van der Waals surface area (Å²) in [5, 5.41) is 12.4. The molecule has 0 radical (unpaired) electrons. The topological polar surface area (TPSA) is 45.4 Å². The lowest BCUT2D eigenvalue weighted by molar-refractivity contribution is 0.199. The summed E-state index contributed by atoms with van der Waals surface area (Å²) in [5.74, 6) is 1.19. The van der Waals surface area contributed by atoms with Gasteiger partial charge in [-0.2, -0.15) is 0 Å². The van der Waals surface area contributed by atoms with Gasteiger partial charge in [-0.3, -0.25) is 0 Å². The Labute approximate surface area is 85.1 Å². The Morgan fingerprint density at radius 3 is 2.64 bits per heavy atom. The second-order valence-corrected chi connectivity index (χ2v) is 3.85. The minimum Gasteiger partial charge on any atom is -0.468 e. The van der Waals surface area contributed by atoms with Crippen molar-refractivity contribution in [3.8, 4) is 0 Å². The molecule has 14 heavy (non-hydrogen) atoms. The van der Waals surface area contributed by atoms with Gasteiger partial charge in [0.25, 0.3) is 0 Å². The highest BCUT2D eigenvalue weighted by Gasteiger charge is 2.15. The maximum absolute atomic E-state index is 8.99. The van der Waals surface area contributed by atoms with Crippen molar-refractivity contribution in [1.29, 1.82) is 0 Å². The van der Waals surface area contributed by atoms with Crippen LogP contribution in [-0.4, -0.2) is 17.8 Å². The number of hydrogen-bond acceptors (Lipinski definition) is 3. The quantitative estimate of drug-likeness (QED) is 0.758. The van der Waals surface area contributed by atoms with Crippen LogP contribution in [0, 0.1) is 5.92 Å². The molecule has 0 aliphatic carbocycles. The van der Waals surface area contributed by atoms with Crippen molar-refractivity contribution >= 4 is 0 Å². The van der Waals surface area contributed by atoms with E-state index in [1.165, 1.54) is 0 Å². The standard InChI is InChI=1S/C11H19NO2/c1-8(7-13)9(2)12-10(3)11-5-4-6-14-11/h4-6,8-10,12-13H,7H2,1-3H3. The van der Waals surface area contributed by atoms with Crippen LogP contribution in [0.4, 0.5) is 0 Å². The molecule has 0 fully saturated rings. The molecule has 3 heteroatoms. The van der Waals surface area contributed by atoms with Crippen LogP contribution in [0.25, 0.3) is 0 Å². The number of aliphatic hydroxyl groups excluding tert-OH is 1. The number of aliphatic hydroxyl groups is 1. The maximum atomic E-state index is 8.99. The normalized spacial score (nSPS) is 17.7. The van der Waals surface area contributed by atoms with Gasteiger partial charge in [0, 0.05) is 12.6 Å². The smallest absolute Gasteiger partial charge is 0.120 e. The van der Waals surface area contributed by atoms with E-state index >= 15 is 0 Å². The monoisotopic (exact) mass is 197 g/mol. The van der Waals surface area contributed by atoms with Crippen molar-refractivity contribution in [2.24, 2.45) is 5.92 Å². The SMILES string of the molecule is CC(NC(C)C(C)CO)c1ccco1. The molecule has 2 N–H and O–H groups in total. The first-order valence-electron chi connectivity index (χ1n) is 5.05. The van der Waals surface area contributed by atoms with E-state index in [1.807, 2.05) is 19.1 Å². The lowest BCUT2D eigenvalue weighted by atomic mass is 10.0. The number of rotatable bonds is 5. The van der Waals surface area contributed by atoms with Gasteiger partial charge in [0.15, 0.2) is 0 Å². The summed E-state index contributed by atoms with van der Waals surface area (Å²) in [4.78, 5) is 0. The first-order valence-corrected chi connectivity index (χ1v) is 5.05. The van der Waals surface area contributed by atoms with E-state index in [-0.39, 0.29) is 24.6 Å². The van der Waals surface area contributed by atoms with Crippen molar-refractivity contribution in [3.63, 3.8) is 0 Å². The Kier molecular flexibility index (Phi) is 4.17. The molecule has 1 heterocycles. The molecule has 0 amide bonds. The van der Waals surface area contributed by atoms with Crippen molar-refractivity contribution in [2.45, 2.75) is 32.9 Å². The first kappa shape index (κ1) is 11.3. The van der Waals surface area contributed by atoms with Crippen LogP contribution in [0.15, 0.2) is 22.8 Å². The van der Waals surface area contributed by atoms with Crippen molar-refractivity contribution in [3.05, 3.63) is 24.2 Å². The predicted molar refractivity (Wildman–Crippen MR) is 56.0 cm³/mol. The summed E-state index contributed by atoms with van der Waals surface area (Å²) in [7, 11) is 0. The fraction of sp³-hybridized carbons (Fsp3) is 0.636. The van der Waals surface area contributed by atoms with Gasteiger partial charge in [-0.15, -0.1) is 0 Å². The van der Waals surface area contributed by atoms with Crippen molar-refractivity contribution in [2.75, 3.05) is 6.61 Å². The van der Waals surface area contributed by atoms with Crippen LogP contribution in [-0.2, 0) is 0 Å². The molecule has 0 aliphatic heterocycles. The molecule has 3 atom stereocenters. The molecule has 0 aliphatic rings. The molecule has 1 rings (SSSR count). The zero-order valence-electron chi connectivity index (χ0n) is 9.03. The Morgan fingerprint density at radius 2 is 2.14 bits per heavy atom. The van der Waals surface area contributed by atoms with Crippen LogP contribution in [0.5, 0.6) is 0 Å². The fourth-order valence-electron chi connectivity index (χ4n) is 1.34. The lowest BCUT2D eigenvalue weighted by Crippen LogP contribution is -2.35. The van der Waals surface area contributed by atoms with E-state index in [2.05, 4.69) is 19.2 Å². The molecule has 80 valence electrons. The molecule has 1 aromatic heterocycles. The highest BCUT2D eigenvalue weighted by Crippen LogP contribution is 2.14. The zero-order valence-corrected chi connectivity index (χ0v) is 9.03. The second-order valence-electron chi connectivity index (χ2n) is 3.85. The van der Waals surface area contributed by atoms with Gasteiger partial charge in [0.05, 0.1) is 12.3 Å². The Balaban J connectivity index is 2.44. The van der Waals surface area contributed by atoms with Crippen LogP contribution in [0.1, 0.15) is 32.6 Å². The molecule has 0 bridgehead atoms.